The number of hydrogen-bond donors (Lipinski definition) is 0. The van der Waals surface area contributed by atoms with Crippen LogP contribution in [0.1, 0.15) is 27.2 Å². The summed E-state index contributed by atoms with van der Waals surface area (Å²) in [6.45, 7) is 2.12. The molecule has 0 saturated heterocycles. The molecule has 0 aromatic heterocycles. The van der Waals surface area contributed by atoms with E-state index in [1.54, 1.807) is 0 Å². The molecule has 1 aliphatic heterocycles. The minimum Gasteiger partial charge on any atom is -0.266 e. The SMILES string of the molecule is C.CCC1=CCC=N1. The Kier molecular flexibility index (Phi) is 3.16. The van der Waals surface area contributed by atoms with E-state index in [0.29, 0.717) is 0 Å². The van der Waals surface area contributed by atoms with Crippen molar-refractivity contribution >= 4 is 6.21 Å². The quantitative estimate of drug-likeness (QED) is 0.492. The van der Waals surface area contributed by atoms with E-state index in [9.17, 15) is 0 Å². The van der Waals surface area contributed by atoms with E-state index in [1.807, 2.05) is 6.21 Å². The highest BCUT2D eigenvalue weighted by Crippen LogP contribution is 2.07. The second-order valence-corrected chi connectivity index (χ2v) is 1.60. The lowest BCUT2D eigenvalue weighted by Crippen LogP contribution is -1.64. The van der Waals surface area contributed by atoms with Crippen LogP contribution in [-0.4, -0.2) is 6.21 Å². The third-order valence-electron chi connectivity index (χ3n) is 1.08. The summed E-state index contributed by atoms with van der Waals surface area (Å²) in [5, 5.41) is 0. The number of hydrogen-bond acceptors (Lipinski definition) is 1. The van der Waals surface area contributed by atoms with Gasteiger partial charge in [-0.05, 0) is 6.42 Å². The van der Waals surface area contributed by atoms with Gasteiger partial charge in [-0.25, -0.2) is 0 Å². The topological polar surface area (TPSA) is 12.4 Å². The van der Waals surface area contributed by atoms with Crippen LogP contribution < -0.4 is 0 Å². The van der Waals surface area contributed by atoms with Gasteiger partial charge in [0.1, 0.15) is 0 Å². The Morgan fingerprint density at radius 2 is 2.50 bits per heavy atom. The average molecular weight is 111 g/mol. The van der Waals surface area contributed by atoms with Crippen LogP contribution in [0.2, 0.25) is 0 Å². The molecule has 0 unspecified atom stereocenters. The minimum atomic E-state index is 0. The molecular weight excluding hydrogens is 98.1 g/mol. The maximum Gasteiger partial charge on any atom is 0.0360 e. The molecule has 8 heavy (non-hydrogen) atoms. The molecule has 0 atom stereocenters. The first-order chi connectivity index (χ1) is 3.43. The fourth-order valence-electron chi connectivity index (χ4n) is 0.647. The van der Waals surface area contributed by atoms with E-state index in [-0.39, 0.29) is 7.43 Å². The highest BCUT2D eigenvalue weighted by Gasteiger charge is 1.91. The van der Waals surface area contributed by atoms with Gasteiger partial charge < -0.3 is 0 Å². The second kappa shape index (κ2) is 3.42. The number of rotatable bonds is 1. The van der Waals surface area contributed by atoms with Crippen LogP contribution in [0.5, 0.6) is 0 Å². The Morgan fingerprint density at radius 1 is 1.75 bits per heavy atom. The van der Waals surface area contributed by atoms with Crippen LogP contribution >= 0.6 is 0 Å². The molecule has 0 radical (unpaired) electrons. The summed E-state index contributed by atoms with van der Waals surface area (Å²) >= 11 is 0. The van der Waals surface area contributed by atoms with Crippen molar-refractivity contribution in [3.63, 3.8) is 0 Å². The van der Waals surface area contributed by atoms with Gasteiger partial charge >= 0.3 is 0 Å². The molecule has 0 amide bonds. The standard InChI is InChI=1S/C6H9N.CH4/c1-2-6-4-3-5-7-6;/h4-5H,2-3H2,1H3;1H4. The van der Waals surface area contributed by atoms with Crippen LogP contribution in [0, 0.1) is 0 Å². The van der Waals surface area contributed by atoms with E-state index in [4.69, 9.17) is 0 Å². The van der Waals surface area contributed by atoms with Crippen molar-refractivity contribution in [1.82, 2.24) is 0 Å². The molecule has 1 nitrogen and oxygen atoms in total. The molecule has 0 aromatic rings. The molecule has 1 aliphatic rings. The molecular formula is C7H13N. The van der Waals surface area contributed by atoms with E-state index in [1.165, 1.54) is 5.70 Å². The van der Waals surface area contributed by atoms with Crippen LogP contribution in [0.15, 0.2) is 16.8 Å². The summed E-state index contributed by atoms with van der Waals surface area (Å²) in [6, 6.07) is 0. The van der Waals surface area contributed by atoms with Crippen molar-refractivity contribution < 1.29 is 0 Å². The summed E-state index contributed by atoms with van der Waals surface area (Å²) < 4.78 is 0. The zero-order valence-electron chi connectivity index (χ0n) is 4.52. The fourth-order valence-corrected chi connectivity index (χ4v) is 0.647. The summed E-state index contributed by atoms with van der Waals surface area (Å²) in [5.74, 6) is 0. The van der Waals surface area contributed by atoms with Gasteiger partial charge in [0.15, 0.2) is 0 Å². The molecule has 1 rings (SSSR count). The average Bonchev–Trinajstić information content (AvgIpc) is 2.14. The normalized spacial score (nSPS) is 15.4. The molecule has 0 aromatic carbocycles. The van der Waals surface area contributed by atoms with Gasteiger partial charge in [-0.1, -0.05) is 20.4 Å². The van der Waals surface area contributed by atoms with Crippen LogP contribution in [0.25, 0.3) is 0 Å². The lowest BCUT2D eigenvalue weighted by molar-refractivity contribution is 1.08. The second-order valence-electron chi connectivity index (χ2n) is 1.60. The molecule has 0 saturated carbocycles. The van der Waals surface area contributed by atoms with E-state index in [2.05, 4.69) is 18.0 Å². The zero-order chi connectivity index (χ0) is 5.11. The van der Waals surface area contributed by atoms with Crippen LogP contribution in [0.3, 0.4) is 0 Å². The van der Waals surface area contributed by atoms with Gasteiger partial charge in [-0.15, -0.1) is 0 Å². The monoisotopic (exact) mass is 111 g/mol. The summed E-state index contributed by atoms with van der Waals surface area (Å²) in [5.41, 5.74) is 1.24. The minimum absolute atomic E-state index is 0. The van der Waals surface area contributed by atoms with Gasteiger partial charge in [0.05, 0.1) is 0 Å². The Hall–Kier alpha value is -0.590. The first-order valence-corrected chi connectivity index (χ1v) is 2.65. The largest absolute Gasteiger partial charge is 0.266 e. The van der Waals surface area contributed by atoms with Crippen molar-refractivity contribution in [1.29, 1.82) is 0 Å². The number of aliphatic imine (C=N–C) groups is 1. The van der Waals surface area contributed by atoms with E-state index in [0.717, 1.165) is 12.8 Å². The van der Waals surface area contributed by atoms with Gasteiger partial charge in [0, 0.05) is 18.3 Å². The van der Waals surface area contributed by atoms with E-state index >= 15 is 0 Å². The third kappa shape index (κ3) is 1.49. The zero-order valence-corrected chi connectivity index (χ0v) is 4.52. The lowest BCUT2D eigenvalue weighted by Gasteiger charge is -1.83. The predicted octanol–water partition coefficient (Wildman–Crippen LogP) is 2.39. The van der Waals surface area contributed by atoms with E-state index < -0.39 is 0 Å². The molecule has 0 spiro atoms. The molecule has 1 heteroatoms. The van der Waals surface area contributed by atoms with Crippen molar-refractivity contribution in [3.05, 3.63) is 11.8 Å². The maximum atomic E-state index is 4.09. The Bertz CT molecular complexity index is 112. The smallest absolute Gasteiger partial charge is 0.0360 e. The molecule has 0 fully saturated rings. The molecule has 1 heterocycles. The molecule has 0 aliphatic carbocycles. The molecule has 0 N–H and O–H groups in total. The van der Waals surface area contributed by atoms with Crippen LogP contribution in [0.4, 0.5) is 0 Å². The first kappa shape index (κ1) is 7.41. The summed E-state index contributed by atoms with van der Waals surface area (Å²) in [4.78, 5) is 4.09. The number of allylic oxidation sites excluding steroid dienone is 2. The lowest BCUT2D eigenvalue weighted by atomic mass is 10.3. The van der Waals surface area contributed by atoms with Crippen molar-refractivity contribution in [2.45, 2.75) is 27.2 Å². The predicted molar refractivity (Wildman–Crippen MR) is 38.2 cm³/mol. The molecule has 0 bridgehead atoms. The third-order valence-corrected chi connectivity index (χ3v) is 1.08. The van der Waals surface area contributed by atoms with Gasteiger partial charge in [0.25, 0.3) is 0 Å². The van der Waals surface area contributed by atoms with Crippen LogP contribution in [-0.2, 0) is 0 Å². The van der Waals surface area contributed by atoms with Gasteiger partial charge in [-0.3, -0.25) is 4.99 Å². The van der Waals surface area contributed by atoms with Crippen molar-refractivity contribution in [2.75, 3.05) is 0 Å². The Morgan fingerprint density at radius 3 is 2.75 bits per heavy atom. The summed E-state index contributed by atoms with van der Waals surface area (Å²) in [6.07, 6.45) is 6.22. The first-order valence-electron chi connectivity index (χ1n) is 2.65. The highest BCUT2D eigenvalue weighted by molar-refractivity contribution is 5.64. The fraction of sp³-hybridized carbons (Fsp3) is 0.571. The molecule has 46 valence electrons. The Balaban J connectivity index is 0.000000490. The maximum absolute atomic E-state index is 4.09. The van der Waals surface area contributed by atoms with Gasteiger partial charge in [0.2, 0.25) is 0 Å². The summed E-state index contributed by atoms with van der Waals surface area (Å²) in [7, 11) is 0. The van der Waals surface area contributed by atoms with Crippen molar-refractivity contribution in [2.24, 2.45) is 4.99 Å². The van der Waals surface area contributed by atoms with Gasteiger partial charge in [-0.2, -0.15) is 0 Å². The number of nitrogens with zero attached hydrogens (tertiary/aromatic N) is 1. The Labute approximate surface area is 51.1 Å². The van der Waals surface area contributed by atoms with Crippen molar-refractivity contribution in [3.8, 4) is 0 Å². The highest BCUT2D eigenvalue weighted by atomic mass is 14.7.